The molecule has 8 heteroatoms. The Morgan fingerprint density at radius 2 is 1.94 bits per heavy atom. The average Bonchev–Trinajstić information content (AvgIpc) is 3.39. The van der Waals surface area contributed by atoms with Crippen LogP contribution in [0.5, 0.6) is 0 Å². The number of amides is 1. The molecule has 0 aliphatic carbocycles. The van der Waals surface area contributed by atoms with Crippen molar-refractivity contribution in [3.8, 4) is 0 Å². The van der Waals surface area contributed by atoms with Gasteiger partial charge in [-0.1, -0.05) is 62.2 Å². The lowest BCUT2D eigenvalue weighted by molar-refractivity contribution is 0.0309. The van der Waals surface area contributed by atoms with Gasteiger partial charge in [0.1, 0.15) is 4.87 Å². The van der Waals surface area contributed by atoms with Crippen molar-refractivity contribution in [2.45, 2.75) is 37.6 Å². The zero-order chi connectivity index (χ0) is 24.9. The number of fused-ring (bicyclic) bond motifs is 1. The van der Waals surface area contributed by atoms with Crippen LogP contribution in [0, 0.1) is 0 Å². The third-order valence-electron chi connectivity index (χ3n) is 6.99. The van der Waals surface area contributed by atoms with E-state index in [1.54, 1.807) is 17.4 Å². The van der Waals surface area contributed by atoms with Crippen LogP contribution in [0.2, 0.25) is 0 Å². The Labute approximate surface area is 208 Å². The highest BCUT2D eigenvalue weighted by Crippen LogP contribution is 2.35. The van der Waals surface area contributed by atoms with Crippen LogP contribution in [-0.2, 0) is 16.4 Å². The summed E-state index contributed by atoms with van der Waals surface area (Å²) in [5.41, 5.74) is 0.612. The van der Waals surface area contributed by atoms with E-state index >= 15 is 0 Å². The first-order chi connectivity index (χ1) is 16.9. The maximum Gasteiger partial charge on any atom is 0.254 e. The predicted molar refractivity (Wildman–Crippen MR) is 140 cm³/mol. The summed E-state index contributed by atoms with van der Waals surface area (Å²) in [6.07, 6.45) is 8.91. The van der Waals surface area contributed by atoms with Crippen molar-refractivity contribution < 1.29 is 13.2 Å². The van der Waals surface area contributed by atoms with Gasteiger partial charge in [0.05, 0.1) is 18.6 Å². The van der Waals surface area contributed by atoms with Gasteiger partial charge in [0.25, 0.3) is 5.91 Å². The summed E-state index contributed by atoms with van der Waals surface area (Å²) in [4.78, 5) is 20.6. The van der Waals surface area contributed by atoms with Crippen LogP contribution < -0.4 is 0 Å². The number of sulfone groups is 1. The molecule has 3 aromatic rings. The van der Waals surface area contributed by atoms with Crippen LogP contribution in [0.4, 0.5) is 0 Å². The first-order valence-electron chi connectivity index (χ1n) is 12.2. The molecule has 2 aromatic carbocycles. The molecule has 186 valence electrons. The van der Waals surface area contributed by atoms with Gasteiger partial charge in [0.2, 0.25) is 0 Å². The summed E-state index contributed by atoms with van der Waals surface area (Å²) >= 11 is 0. The maximum atomic E-state index is 13.8. The summed E-state index contributed by atoms with van der Waals surface area (Å²) in [5.74, 6) is -0.236. The molecular weight excluding hydrogens is 460 g/mol. The first-order valence-corrected chi connectivity index (χ1v) is 13.9. The first kappa shape index (κ1) is 25.1. The number of imidazole rings is 1. The summed E-state index contributed by atoms with van der Waals surface area (Å²) in [6, 6.07) is 13.5. The van der Waals surface area contributed by atoms with Crippen molar-refractivity contribution in [1.82, 2.24) is 19.4 Å². The highest BCUT2D eigenvalue weighted by Gasteiger charge is 2.51. The molecule has 4 rings (SSSR count). The summed E-state index contributed by atoms with van der Waals surface area (Å²) < 4.78 is 29.6. The van der Waals surface area contributed by atoms with Gasteiger partial charge in [-0.25, -0.2) is 13.4 Å². The smallest absolute Gasteiger partial charge is 0.254 e. The lowest BCUT2D eigenvalue weighted by Crippen LogP contribution is -2.67. The van der Waals surface area contributed by atoms with Gasteiger partial charge in [-0.05, 0) is 23.3 Å². The van der Waals surface area contributed by atoms with Gasteiger partial charge < -0.3 is 9.47 Å². The van der Waals surface area contributed by atoms with Crippen LogP contribution in [0.15, 0.2) is 73.8 Å². The molecule has 1 unspecified atom stereocenters. The maximum absolute atomic E-state index is 13.8. The zero-order valence-corrected chi connectivity index (χ0v) is 21.2. The minimum absolute atomic E-state index is 0.116. The number of hydrogen-bond donors (Lipinski definition) is 0. The number of nitrogens with zero attached hydrogens (tertiary/aromatic N) is 4. The largest absolute Gasteiger partial charge is 0.336 e. The number of hydrogen-bond acceptors (Lipinski definition) is 5. The number of benzene rings is 2. The fourth-order valence-electron chi connectivity index (χ4n) is 5.10. The predicted octanol–water partition coefficient (Wildman–Crippen LogP) is 3.98. The van der Waals surface area contributed by atoms with E-state index in [1.807, 2.05) is 53.2 Å². The molecule has 1 saturated heterocycles. The molecule has 1 atom stereocenters. The average molecular weight is 495 g/mol. The normalized spacial score (nSPS) is 19.2. The Kier molecular flexibility index (Phi) is 7.72. The van der Waals surface area contributed by atoms with E-state index in [1.165, 1.54) is 6.08 Å². The van der Waals surface area contributed by atoms with Crippen molar-refractivity contribution in [2.75, 3.05) is 31.9 Å². The second kappa shape index (κ2) is 10.7. The van der Waals surface area contributed by atoms with Gasteiger partial charge in [0, 0.05) is 44.1 Å². The number of rotatable bonds is 10. The standard InChI is InChI=1S/C27H34N4O3S/c1-3-5-13-27(35(33,34)20-4-2)21-30(17-19-31(27)18-16-29-15-14-28-22-29)26(32)25-12-8-10-23-9-6-7-11-24(23)25/h4,6-12,14-15,22H,2-3,5,13,16-21H2,1H3. The monoisotopic (exact) mass is 494 g/mol. The van der Waals surface area contributed by atoms with E-state index in [0.717, 1.165) is 23.6 Å². The summed E-state index contributed by atoms with van der Waals surface area (Å²) in [6.45, 7) is 8.08. The Morgan fingerprint density at radius 1 is 1.14 bits per heavy atom. The second-order valence-electron chi connectivity index (χ2n) is 9.16. The van der Waals surface area contributed by atoms with Crippen LogP contribution in [0.1, 0.15) is 36.5 Å². The number of piperazine rings is 1. The minimum atomic E-state index is -3.61. The van der Waals surface area contributed by atoms with Crippen LogP contribution in [0.25, 0.3) is 10.8 Å². The van der Waals surface area contributed by atoms with E-state index in [-0.39, 0.29) is 18.2 Å². The van der Waals surface area contributed by atoms with Crippen LogP contribution in [0.3, 0.4) is 0 Å². The van der Waals surface area contributed by atoms with Crippen molar-refractivity contribution in [3.63, 3.8) is 0 Å². The number of unbranched alkanes of at least 4 members (excludes halogenated alkanes) is 1. The van der Waals surface area contributed by atoms with E-state index in [9.17, 15) is 13.2 Å². The van der Waals surface area contributed by atoms with Gasteiger partial charge in [-0.15, -0.1) is 6.58 Å². The molecule has 1 fully saturated rings. The molecule has 1 aromatic heterocycles. The van der Waals surface area contributed by atoms with E-state index in [2.05, 4.69) is 23.4 Å². The Morgan fingerprint density at radius 3 is 2.69 bits per heavy atom. The summed E-state index contributed by atoms with van der Waals surface area (Å²) in [5, 5.41) is 1.88. The molecule has 1 aliphatic heterocycles. The third kappa shape index (κ3) is 5.04. The second-order valence-corrected chi connectivity index (χ2v) is 11.5. The SMILES string of the molecule is C=CCS(=O)(=O)C1(CCCC)CN(C(=O)c2cccc3ccccc23)CCN1CCn1ccnc1. The molecule has 0 saturated carbocycles. The van der Waals surface area contributed by atoms with Crippen molar-refractivity contribution in [2.24, 2.45) is 0 Å². The third-order valence-corrected chi connectivity index (χ3v) is 9.41. The van der Waals surface area contributed by atoms with E-state index in [4.69, 9.17) is 0 Å². The van der Waals surface area contributed by atoms with Gasteiger partial charge >= 0.3 is 0 Å². The molecule has 2 heterocycles. The molecule has 1 aliphatic rings. The summed E-state index contributed by atoms with van der Waals surface area (Å²) in [7, 11) is -3.61. The van der Waals surface area contributed by atoms with Crippen LogP contribution >= 0.6 is 0 Å². The van der Waals surface area contributed by atoms with Crippen molar-refractivity contribution in [1.29, 1.82) is 0 Å². The van der Waals surface area contributed by atoms with Gasteiger partial charge in [0.15, 0.2) is 9.84 Å². The topological polar surface area (TPSA) is 75.5 Å². The van der Waals surface area contributed by atoms with Gasteiger partial charge in [-0.3, -0.25) is 9.69 Å². The van der Waals surface area contributed by atoms with Crippen molar-refractivity contribution in [3.05, 3.63) is 79.4 Å². The molecule has 0 N–H and O–H groups in total. The Hall–Kier alpha value is -2.97. The lowest BCUT2D eigenvalue weighted by Gasteiger charge is -2.50. The molecule has 7 nitrogen and oxygen atoms in total. The molecule has 0 radical (unpaired) electrons. The highest BCUT2D eigenvalue weighted by atomic mass is 32.2. The molecular formula is C27H34N4O3S. The van der Waals surface area contributed by atoms with Crippen LogP contribution in [-0.4, -0.2) is 70.5 Å². The Balaban J connectivity index is 1.70. The lowest BCUT2D eigenvalue weighted by atomic mass is 10.0. The number of aromatic nitrogens is 2. The fourth-order valence-corrected chi connectivity index (χ4v) is 7.10. The highest BCUT2D eigenvalue weighted by molar-refractivity contribution is 7.92. The molecule has 0 spiro atoms. The number of carbonyl (C=O) groups is 1. The fraction of sp³-hybridized carbons (Fsp3) is 0.407. The molecule has 0 bridgehead atoms. The van der Waals surface area contributed by atoms with E-state index < -0.39 is 14.7 Å². The molecule has 35 heavy (non-hydrogen) atoms. The quantitative estimate of drug-likeness (QED) is 0.399. The number of carbonyl (C=O) groups excluding carboxylic acids is 1. The zero-order valence-electron chi connectivity index (χ0n) is 20.3. The van der Waals surface area contributed by atoms with Crippen molar-refractivity contribution >= 4 is 26.5 Å². The Bertz CT molecular complexity index is 1270. The van der Waals surface area contributed by atoms with Gasteiger partial charge in [-0.2, -0.15) is 0 Å². The van der Waals surface area contributed by atoms with E-state index in [0.29, 0.717) is 38.2 Å². The minimum Gasteiger partial charge on any atom is -0.336 e. The molecule has 1 amide bonds.